The van der Waals surface area contributed by atoms with E-state index in [4.69, 9.17) is 4.74 Å². The van der Waals surface area contributed by atoms with Crippen LogP contribution in [-0.2, 0) is 13.5 Å². The van der Waals surface area contributed by atoms with Crippen molar-refractivity contribution >= 4 is 33.9 Å². The number of hydrogen-bond acceptors (Lipinski definition) is 6. The molecular formula is C27H34N4O3S. The number of ether oxygens (including phenoxy) is 1. The van der Waals surface area contributed by atoms with E-state index in [2.05, 4.69) is 30.9 Å². The molecule has 8 heteroatoms. The van der Waals surface area contributed by atoms with Crippen molar-refractivity contribution in [3.63, 3.8) is 0 Å². The minimum absolute atomic E-state index is 0.0199. The minimum atomic E-state index is -0.128. The van der Waals surface area contributed by atoms with E-state index in [9.17, 15) is 9.59 Å². The second-order valence-corrected chi connectivity index (χ2v) is 12.2. The second kappa shape index (κ2) is 8.43. The number of amides is 1. The largest absolute Gasteiger partial charge is 0.492 e. The van der Waals surface area contributed by atoms with E-state index in [1.165, 1.54) is 0 Å². The zero-order chi connectivity index (χ0) is 25.1. The zero-order valence-electron chi connectivity index (χ0n) is 21.5. The summed E-state index contributed by atoms with van der Waals surface area (Å²) in [5.74, 6) is 0.859. The highest BCUT2D eigenvalue weighted by molar-refractivity contribution is 7.10. The average molecular weight is 495 g/mol. The number of rotatable bonds is 3. The van der Waals surface area contributed by atoms with Crippen LogP contribution in [0.2, 0.25) is 0 Å². The third-order valence-electron chi connectivity index (χ3n) is 7.76. The molecule has 1 spiro atoms. The number of likely N-dealkylation sites (tertiary alicyclic amines) is 1. The molecule has 0 N–H and O–H groups in total. The molecule has 3 aromatic rings. The van der Waals surface area contributed by atoms with Crippen LogP contribution in [0, 0.1) is 17.8 Å². The molecule has 1 aliphatic carbocycles. The van der Waals surface area contributed by atoms with Gasteiger partial charge in [0.25, 0.3) is 5.91 Å². The van der Waals surface area contributed by atoms with Crippen molar-refractivity contribution in [1.29, 1.82) is 0 Å². The Kier molecular flexibility index (Phi) is 5.78. The predicted molar refractivity (Wildman–Crippen MR) is 137 cm³/mol. The van der Waals surface area contributed by atoms with Crippen molar-refractivity contribution < 1.29 is 14.3 Å². The molecule has 2 aromatic heterocycles. The molecule has 2 aliphatic rings. The lowest BCUT2D eigenvalue weighted by Gasteiger charge is -2.52. The fraction of sp³-hybridized carbons (Fsp3) is 0.556. The summed E-state index contributed by atoms with van der Waals surface area (Å²) in [5, 5.41) is 5.50. The van der Waals surface area contributed by atoms with Crippen molar-refractivity contribution in [1.82, 2.24) is 19.7 Å². The van der Waals surface area contributed by atoms with Crippen LogP contribution in [0.1, 0.15) is 78.4 Å². The van der Waals surface area contributed by atoms with Crippen LogP contribution in [0.15, 0.2) is 17.6 Å². The van der Waals surface area contributed by atoms with Gasteiger partial charge in [0.2, 0.25) is 0 Å². The Bertz CT molecular complexity index is 1320. The first kappa shape index (κ1) is 24.0. The monoisotopic (exact) mass is 494 g/mol. The van der Waals surface area contributed by atoms with Gasteiger partial charge in [0, 0.05) is 41.9 Å². The maximum atomic E-state index is 14.0. The molecule has 3 heterocycles. The van der Waals surface area contributed by atoms with E-state index in [1.807, 2.05) is 42.6 Å². The van der Waals surface area contributed by atoms with Crippen LogP contribution in [0.25, 0.3) is 10.9 Å². The highest BCUT2D eigenvalue weighted by Gasteiger charge is 2.49. The van der Waals surface area contributed by atoms with Gasteiger partial charge in [-0.15, -0.1) is 11.3 Å². The Labute approximate surface area is 210 Å². The fourth-order valence-electron chi connectivity index (χ4n) is 6.03. The number of benzene rings is 1. The lowest BCUT2D eigenvalue weighted by Crippen LogP contribution is -2.56. The van der Waals surface area contributed by atoms with Crippen molar-refractivity contribution in [3.8, 4) is 5.75 Å². The molecule has 2 unspecified atom stereocenters. The van der Waals surface area contributed by atoms with Gasteiger partial charge in [-0.25, -0.2) is 4.98 Å². The molecular weight excluding hydrogens is 460 g/mol. The molecule has 0 bridgehead atoms. The first-order valence-corrected chi connectivity index (χ1v) is 13.3. The van der Waals surface area contributed by atoms with Crippen molar-refractivity contribution in [2.24, 2.45) is 17.9 Å². The van der Waals surface area contributed by atoms with Crippen LogP contribution >= 0.6 is 11.3 Å². The Balaban J connectivity index is 1.50. The van der Waals surface area contributed by atoms with Crippen LogP contribution < -0.4 is 4.74 Å². The molecule has 1 amide bonds. The molecule has 186 valence electrons. The summed E-state index contributed by atoms with van der Waals surface area (Å²) in [6.07, 6.45) is 3.04. The number of carbonyl (C=O) groups is 2. The summed E-state index contributed by atoms with van der Waals surface area (Å²) in [4.78, 5) is 34.4. The number of fused-ring (bicyclic) bond motifs is 2. The standard InChI is InChI=1S/C27H34N4O3S/c1-7-34-20-11-17(10-18-16(2)29-30(6)24(18)20)25(33)31-9-8-27(14-22(31)26(3,4)5)12-19(32)23-21(13-27)35-15-28-23/h10-11,15,22H,7-9,12-14H2,1-6H3. The van der Waals surface area contributed by atoms with Crippen LogP contribution in [0.5, 0.6) is 5.75 Å². The van der Waals surface area contributed by atoms with Gasteiger partial charge in [0.15, 0.2) is 5.78 Å². The summed E-state index contributed by atoms with van der Waals surface area (Å²) in [6.45, 7) is 11.6. The molecule has 1 fully saturated rings. The second-order valence-electron chi connectivity index (χ2n) is 11.2. The average Bonchev–Trinajstić information content (AvgIpc) is 3.37. The minimum Gasteiger partial charge on any atom is -0.492 e. The highest BCUT2D eigenvalue weighted by Crippen LogP contribution is 2.49. The van der Waals surface area contributed by atoms with E-state index in [-0.39, 0.29) is 28.6 Å². The number of aromatic nitrogens is 3. The molecule has 0 radical (unpaired) electrons. The summed E-state index contributed by atoms with van der Waals surface area (Å²) < 4.78 is 7.76. The SMILES string of the molecule is CCOc1cc(C(=O)N2CCC3(CC(=O)c4ncsc4C3)CC2C(C)(C)C)cc2c(C)nn(C)c12. The molecule has 35 heavy (non-hydrogen) atoms. The quantitative estimate of drug-likeness (QED) is 0.500. The third kappa shape index (κ3) is 4.05. The molecule has 5 rings (SSSR count). The number of ketones is 1. The molecule has 7 nitrogen and oxygen atoms in total. The topological polar surface area (TPSA) is 77.3 Å². The van der Waals surface area contributed by atoms with Gasteiger partial charge in [0.05, 0.1) is 17.8 Å². The van der Waals surface area contributed by atoms with Crippen molar-refractivity contribution in [3.05, 3.63) is 39.5 Å². The third-order valence-corrected chi connectivity index (χ3v) is 8.59. The molecule has 0 saturated carbocycles. The number of aryl methyl sites for hydroxylation is 2. The Morgan fingerprint density at radius 1 is 1.29 bits per heavy atom. The summed E-state index contributed by atoms with van der Waals surface area (Å²) in [5.41, 5.74) is 4.63. The number of hydrogen-bond donors (Lipinski definition) is 0. The molecule has 1 saturated heterocycles. The maximum Gasteiger partial charge on any atom is 0.254 e. The lowest BCUT2D eigenvalue weighted by atomic mass is 9.63. The zero-order valence-corrected chi connectivity index (χ0v) is 22.3. The number of nitrogens with zero attached hydrogens (tertiary/aromatic N) is 4. The van der Waals surface area contributed by atoms with Gasteiger partial charge >= 0.3 is 0 Å². The van der Waals surface area contributed by atoms with Crippen molar-refractivity contribution in [2.75, 3.05) is 13.2 Å². The summed E-state index contributed by atoms with van der Waals surface area (Å²) >= 11 is 1.59. The van der Waals surface area contributed by atoms with Crippen LogP contribution in [0.4, 0.5) is 0 Å². The normalized spacial score (nSPS) is 22.6. The van der Waals surface area contributed by atoms with Crippen LogP contribution in [-0.4, -0.2) is 50.5 Å². The molecule has 1 aromatic carbocycles. The van der Waals surface area contributed by atoms with E-state index in [0.717, 1.165) is 40.7 Å². The van der Waals surface area contributed by atoms with Crippen LogP contribution in [0.3, 0.4) is 0 Å². The highest BCUT2D eigenvalue weighted by atomic mass is 32.1. The Morgan fingerprint density at radius 2 is 2.06 bits per heavy atom. The van der Waals surface area contributed by atoms with Gasteiger partial charge in [-0.2, -0.15) is 5.10 Å². The van der Waals surface area contributed by atoms with E-state index in [1.54, 1.807) is 16.8 Å². The number of piperidine rings is 1. The van der Waals surface area contributed by atoms with Gasteiger partial charge in [-0.1, -0.05) is 20.8 Å². The van der Waals surface area contributed by atoms with Gasteiger partial charge < -0.3 is 9.64 Å². The Morgan fingerprint density at radius 3 is 2.77 bits per heavy atom. The summed E-state index contributed by atoms with van der Waals surface area (Å²) in [7, 11) is 1.90. The van der Waals surface area contributed by atoms with Gasteiger partial charge in [-0.05, 0) is 56.1 Å². The first-order chi connectivity index (χ1) is 16.5. The first-order valence-electron chi connectivity index (χ1n) is 12.4. The maximum absolute atomic E-state index is 14.0. The Hall–Kier alpha value is -2.74. The molecule has 1 aliphatic heterocycles. The van der Waals surface area contributed by atoms with Gasteiger partial charge in [0.1, 0.15) is 17.0 Å². The van der Waals surface area contributed by atoms with Gasteiger partial charge in [-0.3, -0.25) is 14.3 Å². The number of Topliss-reactive ketones (excluding diaryl/α,β-unsaturated/α-hetero) is 1. The smallest absolute Gasteiger partial charge is 0.254 e. The molecule has 2 atom stereocenters. The van der Waals surface area contributed by atoms with E-state index in [0.29, 0.717) is 36.6 Å². The number of thiazole rings is 1. The lowest BCUT2D eigenvalue weighted by molar-refractivity contribution is -0.00202. The van der Waals surface area contributed by atoms with Crippen molar-refractivity contribution in [2.45, 2.75) is 66.3 Å². The van der Waals surface area contributed by atoms with E-state index >= 15 is 0 Å². The summed E-state index contributed by atoms with van der Waals surface area (Å²) in [6, 6.07) is 3.85. The van der Waals surface area contributed by atoms with E-state index < -0.39 is 0 Å². The predicted octanol–water partition coefficient (Wildman–Crippen LogP) is 5.20. The fourth-order valence-corrected chi connectivity index (χ4v) is 6.98. The number of carbonyl (C=O) groups excluding carboxylic acids is 2.